The van der Waals surface area contributed by atoms with Crippen molar-refractivity contribution in [1.29, 1.82) is 0 Å². The number of hydrogen-bond donors (Lipinski definition) is 5. The van der Waals surface area contributed by atoms with Gasteiger partial charge in [0.05, 0.1) is 44.2 Å². The molecule has 9 aromatic rings. The number of aromatic nitrogens is 6. The summed E-state index contributed by atoms with van der Waals surface area (Å²) in [6, 6.07) is 39.1. The molecule has 72 heavy (non-hydrogen) atoms. The van der Waals surface area contributed by atoms with Crippen molar-refractivity contribution >= 4 is 78.3 Å². The van der Waals surface area contributed by atoms with Crippen molar-refractivity contribution in [3.8, 4) is 34.0 Å². The quantitative estimate of drug-likeness (QED) is 0.0726. The number of halogens is 2. The molecular weight excluding hydrogens is 968 g/mol. The Morgan fingerprint density at radius 2 is 1.11 bits per heavy atom. The number of anilines is 4. The summed E-state index contributed by atoms with van der Waals surface area (Å²) in [5.74, 6) is 2.67. The molecule has 0 unspecified atom stereocenters. The highest BCUT2D eigenvalue weighted by molar-refractivity contribution is 7.90. The van der Waals surface area contributed by atoms with Gasteiger partial charge in [-0.15, -0.1) is 0 Å². The predicted octanol–water partition coefficient (Wildman–Crippen LogP) is 12.7. The molecule has 370 valence electrons. The van der Waals surface area contributed by atoms with Crippen LogP contribution in [0.4, 0.5) is 23.3 Å². The third-order valence-corrected chi connectivity index (χ3v) is 15.1. The highest BCUT2D eigenvalue weighted by atomic mass is 35.5. The number of para-hydroxylation sites is 2. The third kappa shape index (κ3) is 11.2. The first-order chi connectivity index (χ1) is 34.5. The van der Waals surface area contributed by atoms with Gasteiger partial charge >= 0.3 is 0 Å². The monoisotopic (exact) mass is 1020 g/mol. The van der Waals surface area contributed by atoms with Gasteiger partial charge in [0.1, 0.15) is 23.7 Å². The van der Waals surface area contributed by atoms with Crippen LogP contribution in [0.15, 0.2) is 157 Å². The van der Waals surface area contributed by atoms with Crippen molar-refractivity contribution in [3.05, 3.63) is 162 Å². The van der Waals surface area contributed by atoms with Crippen LogP contribution in [0.5, 0.6) is 11.5 Å². The molecule has 0 saturated heterocycles. The second kappa shape index (κ2) is 22.0. The lowest BCUT2D eigenvalue weighted by molar-refractivity contribution is 0.148. The van der Waals surface area contributed by atoms with Crippen molar-refractivity contribution in [3.63, 3.8) is 0 Å². The molecular formula is C55H56Cl2N10O4S. The van der Waals surface area contributed by atoms with Crippen LogP contribution >= 0.6 is 23.2 Å². The molecule has 7 N–H and O–H groups in total. The number of nitrogens with zero attached hydrogens (tertiary/aromatic N) is 5. The van der Waals surface area contributed by atoms with Crippen LogP contribution in [0.1, 0.15) is 58.8 Å². The second-order valence-electron chi connectivity index (χ2n) is 17.8. The van der Waals surface area contributed by atoms with Crippen LogP contribution in [-0.2, 0) is 10.0 Å². The van der Waals surface area contributed by atoms with E-state index in [4.69, 9.17) is 54.1 Å². The molecule has 4 heterocycles. The molecule has 0 spiro atoms. The average Bonchev–Trinajstić information content (AvgIpc) is 4.00. The lowest BCUT2D eigenvalue weighted by atomic mass is 9.93. The zero-order valence-corrected chi connectivity index (χ0v) is 40.9. The number of benzene rings is 5. The van der Waals surface area contributed by atoms with Gasteiger partial charge in [-0.1, -0.05) is 85.2 Å². The molecule has 0 aliphatic heterocycles. The number of rotatable bonds is 12. The minimum atomic E-state index is -3.84. The average molecular weight is 1020 g/mol. The Labute approximate surface area is 429 Å². The lowest BCUT2D eigenvalue weighted by Gasteiger charge is -2.30. The molecule has 4 aromatic heterocycles. The smallest absolute Gasteiger partial charge is 0.268 e. The van der Waals surface area contributed by atoms with Crippen LogP contribution in [-0.4, -0.2) is 61.6 Å². The first-order valence-corrected chi connectivity index (χ1v) is 25.8. The highest BCUT2D eigenvalue weighted by Gasteiger charge is 2.27. The molecule has 17 heteroatoms. The number of hydrogen-bond acceptors (Lipinski definition) is 12. The molecule has 0 radical (unpaired) electrons. The molecule has 11 rings (SSSR count). The summed E-state index contributed by atoms with van der Waals surface area (Å²) in [5.41, 5.74) is 17.4. The van der Waals surface area contributed by atoms with E-state index in [1.807, 2.05) is 91.1 Å². The predicted molar refractivity (Wildman–Crippen MR) is 290 cm³/mol. The van der Waals surface area contributed by atoms with Gasteiger partial charge in [0.15, 0.2) is 0 Å². The van der Waals surface area contributed by atoms with Gasteiger partial charge < -0.3 is 36.6 Å². The van der Waals surface area contributed by atoms with Crippen molar-refractivity contribution in [1.82, 2.24) is 28.9 Å². The molecule has 5 aromatic carbocycles. The van der Waals surface area contributed by atoms with Crippen molar-refractivity contribution in [2.24, 2.45) is 0 Å². The molecule has 2 saturated carbocycles. The number of ether oxygens (including phenoxy) is 2. The summed E-state index contributed by atoms with van der Waals surface area (Å²) in [5, 5.41) is 9.62. The zero-order chi connectivity index (χ0) is 48.9. The Morgan fingerprint density at radius 3 is 1.68 bits per heavy atom. The Balaban J connectivity index is 0.000000181. The number of aromatic amines is 1. The fourth-order valence-electron chi connectivity index (χ4n) is 9.37. The maximum Gasteiger partial charge on any atom is 0.268 e. The first-order valence-electron chi connectivity index (χ1n) is 23.6. The molecule has 2 aliphatic carbocycles. The van der Waals surface area contributed by atoms with Gasteiger partial charge in [-0.2, -0.15) is 0 Å². The van der Waals surface area contributed by atoms with Crippen LogP contribution in [0.2, 0.25) is 10.0 Å². The Bertz CT molecular complexity index is 3390. The van der Waals surface area contributed by atoms with Crippen molar-refractivity contribution in [2.75, 3.05) is 22.1 Å². The van der Waals surface area contributed by atoms with E-state index in [0.717, 1.165) is 96.1 Å². The number of fused-ring (bicyclic) bond motifs is 2. The topological polar surface area (TPSA) is 201 Å². The van der Waals surface area contributed by atoms with Crippen LogP contribution in [0, 0.1) is 0 Å². The number of nitrogens with two attached hydrogens (primary N) is 2. The van der Waals surface area contributed by atoms with Gasteiger partial charge in [-0.05, 0) is 111 Å². The summed E-state index contributed by atoms with van der Waals surface area (Å²) >= 11 is 13.1. The van der Waals surface area contributed by atoms with Gasteiger partial charge in [-0.3, -0.25) is 0 Å². The summed E-state index contributed by atoms with van der Waals surface area (Å²) < 4.78 is 40.8. The van der Waals surface area contributed by atoms with E-state index < -0.39 is 10.0 Å². The van der Waals surface area contributed by atoms with Gasteiger partial charge in [0.2, 0.25) is 11.9 Å². The Morgan fingerprint density at radius 1 is 0.611 bits per heavy atom. The van der Waals surface area contributed by atoms with E-state index in [-0.39, 0.29) is 36.6 Å². The van der Waals surface area contributed by atoms with Gasteiger partial charge in [-0.25, -0.2) is 32.3 Å². The maximum absolute atomic E-state index is 13.6. The zero-order valence-electron chi connectivity index (χ0n) is 38.6. The number of nitrogens with one attached hydrogen (secondary N) is 3. The fourth-order valence-corrected chi connectivity index (χ4v) is 11.1. The Hall–Kier alpha value is -7.33. The Kier molecular flexibility index (Phi) is 15.2. The molecule has 4 atom stereocenters. The standard InChI is InChI=1S/C30H28ClN5O3S.C24H24ClN5O.CH4/c31-27-18-33-30(34-21-7-6-8-23(17-21)39-22-15-13-20(32)14-16-22)35-29(27)26-19-36(28-12-5-4-11-25(26)28)40(37,38)24-9-2-1-3-10-24;25-21-14-28-24(30-23(21)20-13-27-22-7-2-1-6-19(20)22)29-16-4-3-5-18(12-16)31-17-10-8-15(26)9-11-17;/h1-5,9-16,18-19,21,23H,6-8,17,32H2,(H,33,34,35);1-2,6-11,13-14,16,18,27H,3-5,12,26H2,(H,28,29,30);1H4/t21-,23-;16-,18-;/m11./s1. The third-order valence-electron chi connectivity index (χ3n) is 12.9. The van der Waals surface area contributed by atoms with E-state index in [1.165, 1.54) is 3.97 Å². The number of H-pyrrole nitrogens is 1. The largest absolute Gasteiger partial charge is 0.490 e. The van der Waals surface area contributed by atoms with Gasteiger partial charge in [0.25, 0.3) is 10.0 Å². The molecule has 0 amide bonds. The van der Waals surface area contributed by atoms with E-state index in [2.05, 4.69) is 31.7 Å². The van der Waals surface area contributed by atoms with E-state index in [0.29, 0.717) is 44.4 Å². The van der Waals surface area contributed by atoms with Gasteiger partial charge in [0, 0.05) is 76.1 Å². The van der Waals surface area contributed by atoms with Crippen molar-refractivity contribution < 1.29 is 17.9 Å². The summed E-state index contributed by atoms with van der Waals surface area (Å²) in [7, 11) is -3.84. The first kappa shape index (κ1) is 49.6. The van der Waals surface area contributed by atoms with Crippen molar-refractivity contribution in [2.45, 2.75) is 88.0 Å². The SMILES string of the molecule is C.Nc1ccc(O[C@@H]2CCC[C@@H](Nc3ncc(Cl)c(-c4c[nH]c5ccccc45)n3)C2)cc1.Nc1ccc(O[C@@H]2CCC[C@@H](Nc3ncc(Cl)c(-c4cn(S(=O)(=O)c5ccccc5)c5ccccc45)n3)C2)cc1. The van der Waals surface area contributed by atoms with Crippen LogP contribution in [0.25, 0.3) is 44.3 Å². The molecule has 2 fully saturated rings. The lowest BCUT2D eigenvalue weighted by Crippen LogP contribution is -2.33. The van der Waals surface area contributed by atoms with E-state index >= 15 is 0 Å². The fraction of sp³-hybridized carbons (Fsp3) is 0.236. The van der Waals surface area contributed by atoms with Crippen LogP contribution in [0.3, 0.4) is 0 Å². The minimum absolute atomic E-state index is 0. The summed E-state index contributed by atoms with van der Waals surface area (Å²) in [4.78, 5) is 21.8. The minimum Gasteiger partial charge on any atom is -0.490 e. The molecule has 2 aliphatic rings. The number of nitrogen functional groups attached to an aromatic ring is 2. The second-order valence-corrected chi connectivity index (χ2v) is 20.5. The van der Waals surface area contributed by atoms with E-state index in [1.54, 1.807) is 55.0 Å². The highest BCUT2D eigenvalue weighted by Crippen LogP contribution is 2.37. The van der Waals surface area contributed by atoms with E-state index in [9.17, 15) is 8.42 Å². The maximum atomic E-state index is 13.6. The normalized spacial score (nSPS) is 17.8. The molecule has 0 bridgehead atoms. The van der Waals surface area contributed by atoms with Crippen LogP contribution < -0.4 is 31.6 Å². The summed E-state index contributed by atoms with van der Waals surface area (Å²) in [6.07, 6.45) is 14.7. The molecule has 14 nitrogen and oxygen atoms in total. The summed E-state index contributed by atoms with van der Waals surface area (Å²) in [6.45, 7) is 0.